The van der Waals surface area contributed by atoms with E-state index in [2.05, 4.69) is 5.32 Å². The Balaban J connectivity index is 2.81. The number of methoxy groups -OCH3 is 1. The van der Waals surface area contributed by atoms with E-state index in [-0.39, 0.29) is 17.6 Å². The zero-order chi connectivity index (χ0) is 14.4. The van der Waals surface area contributed by atoms with E-state index in [1.165, 1.54) is 12.1 Å². The SMILES string of the molecule is COCCC(C)NC(=O)c1cc([N+](=O)[O-])ccc1I. The Bertz CT molecular complexity index is 479. The minimum absolute atomic E-state index is 0.0532. The molecule has 7 heteroatoms. The van der Waals surface area contributed by atoms with Gasteiger partial charge in [0.2, 0.25) is 0 Å². The van der Waals surface area contributed by atoms with Crippen molar-refractivity contribution in [3.05, 3.63) is 37.4 Å². The average Bonchev–Trinajstić information content (AvgIpc) is 2.36. The van der Waals surface area contributed by atoms with Gasteiger partial charge in [0.15, 0.2) is 0 Å². The average molecular weight is 378 g/mol. The molecule has 0 heterocycles. The number of amides is 1. The summed E-state index contributed by atoms with van der Waals surface area (Å²) in [7, 11) is 1.60. The summed E-state index contributed by atoms with van der Waals surface area (Å²) in [6, 6.07) is 4.18. The van der Waals surface area contributed by atoms with Gasteiger partial charge < -0.3 is 10.1 Å². The molecule has 104 valence electrons. The topological polar surface area (TPSA) is 81.5 Å². The molecule has 1 aromatic carbocycles. The van der Waals surface area contributed by atoms with Gasteiger partial charge in [0.05, 0.1) is 10.5 Å². The lowest BCUT2D eigenvalue weighted by atomic mass is 10.1. The molecule has 0 fully saturated rings. The molecular formula is C12H15IN2O4. The van der Waals surface area contributed by atoms with Crippen molar-refractivity contribution in [3.8, 4) is 0 Å². The molecule has 0 radical (unpaired) electrons. The third-order valence-electron chi connectivity index (χ3n) is 2.54. The number of ether oxygens (including phenoxy) is 1. The molecule has 1 atom stereocenters. The van der Waals surface area contributed by atoms with Crippen molar-refractivity contribution in [2.24, 2.45) is 0 Å². The number of hydrogen-bond donors (Lipinski definition) is 1. The predicted molar refractivity (Wildman–Crippen MR) is 79.2 cm³/mol. The summed E-state index contributed by atoms with van der Waals surface area (Å²) in [5, 5.41) is 13.5. The fourth-order valence-electron chi connectivity index (χ4n) is 1.47. The molecule has 1 rings (SSSR count). The summed E-state index contributed by atoms with van der Waals surface area (Å²) in [4.78, 5) is 22.2. The van der Waals surface area contributed by atoms with Crippen LogP contribution in [0.3, 0.4) is 0 Å². The number of nitro groups is 1. The molecule has 0 aliphatic carbocycles. The largest absolute Gasteiger partial charge is 0.385 e. The highest BCUT2D eigenvalue weighted by Crippen LogP contribution is 2.19. The highest BCUT2D eigenvalue weighted by Gasteiger charge is 2.16. The number of carbonyl (C=O) groups is 1. The second-order valence-corrected chi connectivity index (χ2v) is 5.24. The smallest absolute Gasteiger partial charge is 0.270 e. The summed E-state index contributed by atoms with van der Waals surface area (Å²) in [6.07, 6.45) is 0.688. The minimum atomic E-state index is -0.513. The third kappa shape index (κ3) is 4.75. The number of halogens is 1. The van der Waals surface area contributed by atoms with Crippen LogP contribution < -0.4 is 5.32 Å². The molecule has 0 saturated carbocycles. The van der Waals surface area contributed by atoms with E-state index >= 15 is 0 Å². The first-order valence-corrected chi connectivity index (χ1v) is 6.77. The standard InChI is InChI=1S/C12H15IN2O4/c1-8(5-6-19-2)14-12(16)10-7-9(15(17)18)3-4-11(10)13/h3-4,7-8H,5-6H2,1-2H3,(H,14,16). The number of nitrogens with one attached hydrogen (secondary N) is 1. The second-order valence-electron chi connectivity index (χ2n) is 4.08. The Morgan fingerprint density at radius 3 is 2.84 bits per heavy atom. The van der Waals surface area contributed by atoms with Crippen molar-refractivity contribution in [3.63, 3.8) is 0 Å². The van der Waals surface area contributed by atoms with Gasteiger partial charge in [-0.1, -0.05) is 0 Å². The Morgan fingerprint density at radius 2 is 2.26 bits per heavy atom. The minimum Gasteiger partial charge on any atom is -0.385 e. The van der Waals surface area contributed by atoms with Crippen molar-refractivity contribution < 1.29 is 14.5 Å². The van der Waals surface area contributed by atoms with Crippen molar-refractivity contribution >= 4 is 34.2 Å². The van der Waals surface area contributed by atoms with Crippen molar-refractivity contribution in [1.82, 2.24) is 5.32 Å². The van der Waals surface area contributed by atoms with Crippen molar-refractivity contribution in [2.75, 3.05) is 13.7 Å². The normalized spacial score (nSPS) is 11.9. The van der Waals surface area contributed by atoms with Crippen LogP contribution in [0.5, 0.6) is 0 Å². The van der Waals surface area contributed by atoms with Gasteiger partial charge in [0.1, 0.15) is 0 Å². The maximum atomic E-state index is 12.0. The predicted octanol–water partition coefficient (Wildman–Crippen LogP) is 2.35. The van der Waals surface area contributed by atoms with Crippen LogP contribution in [0, 0.1) is 13.7 Å². The summed E-state index contributed by atoms with van der Waals surface area (Å²) in [5.41, 5.74) is 0.231. The molecule has 19 heavy (non-hydrogen) atoms. The van der Waals surface area contributed by atoms with Gasteiger partial charge >= 0.3 is 0 Å². The maximum Gasteiger partial charge on any atom is 0.270 e. The van der Waals surface area contributed by atoms with E-state index in [1.54, 1.807) is 13.2 Å². The summed E-state index contributed by atoms with van der Waals surface area (Å²) in [5.74, 6) is -0.309. The number of hydrogen-bond acceptors (Lipinski definition) is 4. The van der Waals surface area contributed by atoms with Crippen LogP contribution in [-0.2, 0) is 4.74 Å². The van der Waals surface area contributed by atoms with Crippen LogP contribution >= 0.6 is 22.6 Å². The van der Waals surface area contributed by atoms with E-state index in [1.807, 2.05) is 29.5 Å². The molecule has 0 saturated heterocycles. The van der Waals surface area contributed by atoms with Gasteiger partial charge in [-0.15, -0.1) is 0 Å². The number of carbonyl (C=O) groups excluding carboxylic acids is 1. The highest BCUT2D eigenvalue weighted by molar-refractivity contribution is 14.1. The first-order valence-electron chi connectivity index (χ1n) is 5.69. The van der Waals surface area contributed by atoms with Crippen molar-refractivity contribution in [1.29, 1.82) is 0 Å². The summed E-state index contributed by atoms with van der Waals surface area (Å²) < 4.78 is 5.61. The zero-order valence-electron chi connectivity index (χ0n) is 10.7. The molecule has 0 aromatic heterocycles. The van der Waals surface area contributed by atoms with Crippen LogP contribution in [0.25, 0.3) is 0 Å². The molecule has 0 bridgehead atoms. The Morgan fingerprint density at radius 1 is 1.58 bits per heavy atom. The molecule has 1 unspecified atom stereocenters. The van der Waals surface area contributed by atoms with Gasteiger partial charge in [0.25, 0.3) is 11.6 Å². The zero-order valence-corrected chi connectivity index (χ0v) is 12.8. The summed E-state index contributed by atoms with van der Waals surface area (Å²) >= 11 is 1.98. The van der Waals surface area contributed by atoms with Gasteiger partial charge in [-0.2, -0.15) is 0 Å². The van der Waals surface area contributed by atoms with Gasteiger partial charge in [0, 0.05) is 35.5 Å². The molecule has 6 nitrogen and oxygen atoms in total. The lowest BCUT2D eigenvalue weighted by Crippen LogP contribution is -2.33. The number of non-ortho nitro benzene ring substituents is 1. The molecule has 1 amide bonds. The molecule has 1 aromatic rings. The Kier molecular flexibility index (Phi) is 6.16. The Labute approximate surface area is 124 Å². The number of benzene rings is 1. The lowest BCUT2D eigenvalue weighted by molar-refractivity contribution is -0.384. The van der Waals surface area contributed by atoms with E-state index in [0.29, 0.717) is 22.2 Å². The van der Waals surface area contributed by atoms with Crippen LogP contribution in [0.1, 0.15) is 23.7 Å². The molecule has 0 spiro atoms. The van der Waals surface area contributed by atoms with E-state index in [0.717, 1.165) is 0 Å². The molecule has 0 aliphatic rings. The highest BCUT2D eigenvalue weighted by atomic mass is 127. The lowest BCUT2D eigenvalue weighted by Gasteiger charge is -2.13. The number of nitrogens with zero attached hydrogens (tertiary/aromatic N) is 1. The quantitative estimate of drug-likeness (QED) is 0.468. The molecular weight excluding hydrogens is 363 g/mol. The van der Waals surface area contributed by atoms with Crippen LogP contribution in [0.15, 0.2) is 18.2 Å². The second kappa shape index (κ2) is 7.39. The Hall–Kier alpha value is -1.22. The van der Waals surface area contributed by atoms with Gasteiger partial charge in [-0.25, -0.2) is 0 Å². The molecule has 0 aliphatic heterocycles. The van der Waals surface area contributed by atoms with Crippen LogP contribution in [0.4, 0.5) is 5.69 Å². The van der Waals surface area contributed by atoms with Crippen LogP contribution in [-0.4, -0.2) is 30.6 Å². The first kappa shape index (κ1) is 15.8. The summed E-state index contributed by atoms with van der Waals surface area (Å²) in [6.45, 7) is 2.41. The fraction of sp³-hybridized carbons (Fsp3) is 0.417. The van der Waals surface area contributed by atoms with E-state index < -0.39 is 4.92 Å². The first-order chi connectivity index (χ1) is 8.95. The third-order valence-corrected chi connectivity index (χ3v) is 3.48. The van der Waals surface area contributed by atoms with Gasteiger partial charge in [-0.05, 0) is 42.0 Å². The van der Waals surface area contributed by atoms with E-state index in [9.17, 15) is 14.9 Å². The number of nitro benzene ring substituents is 1. The van der Waals surface area contributed by atoms with Crippen LogP contribution in [0.2, 0.25) is 0 Å². The fourth-order valence-corrected chi connectivity index (χ4v) is 2.05. The molecule has 1 N–H and O–H groups in total. The van der Waals surface area contributed by atoms with Gasteiger partial charge in [-0.3, -0.25) is 14.9 Å². The maximum absolute atomic E-state index is 12.0. The van der Waals surface area contributed by atoms with E-state index in [4.69, 9.17) is 4.74 Å². The number of rotatable bonds is 6. The van der Waals surface area contributed by atoms with Crippen molar-refractivity contribution in [2.45, 2.75) is 19.4 Å². The monoisotopic (exact) mass is 378 g/mol.